The Morgan fingerprint density at radius 2 is 1.97 bits per heavy atom. The van der Waals surface area contributed by atoms with Crippen LogP contribution in [0, 0.1) is 5.92 Å². The molecule has 7 nitrogen and oxygen atoms in total. The second kappa shape index (κ2) is 9.41. The van der Waals surface area contributed by atoms with E-state index in [4.69, 9.17) is 15.2 Å². The molecule has 0 bridgehead atoms. The molecular weight excluding hydrogens is 394 g/mol. The lowest BCUT2D eigenvalue weighted by Gasteiger charge is -2.33. The maximum absolute atomic E-state index is 10.5. The van der Waals surface area contributed by atoms with Crippen LogP contribution in [-0.2, 0) is 0 Å². The number of β-amino-alcohol motifs (C(OH)–C–C–N with tert-alkyl or cyclic N) is 1. The monoisotopic (exact) mass is 423 g/mol. The minimum Gasteiger partial charge on any atom is -0.506 e. The van der Waals surface area contributed by atoms with E-state index in [0.717, 1.165) is 48.0 Å². The predicted octanol–water partition coefficient (Wildman–Crippen LogP) is 3.36. The molecule has 7 heteroatoms. The molecule has 1 aromatic heterocycles. The van der Waals surface area contributed by atoms with E-state index in [-0.39, 0.29) is 11.4 Å². The van der Waals surface area contributed by atoms with Crippen molar-refractivity contribution in [2.75, 3.05) is 39.1 Å². The summed E-state index contributed by atoms with van der Waals surface area (Å²) in [4.78, 5) is 6.67. The van der Waals surface area contributed by atoms with Crippen molar-refractivity contribution >= 4 is 16.5 Å². The molecule has 0 spiro atoms. The number of likely N-dealkylation sites (tertiary alicyclic amines) is 1. The molecule has 0 radical (unpaired) electrons. The molecular formula is C24H29N3O4. The van der Waals surface area contributed by atoms with Crippen LogP contribution in [0.3, 0.4) is 0 Å². The summed E-state index contributed by atoms with van der Waals surface area (Å²) in [5.74, 6) is 1.91. The number of aromatic nitrogens is 1. The first-order valence-electron chi connectivity index (χ1n) is 10.6. The van der Waals surface area contributed by atoms with Gasteiger partial charge in [0.1, 0.15) is 11.5 Å². The summed E-state index contributed by atoms with van der Waals surface area (Å²) in [5.41, 5.74) is 6.75. The van der Waals surface area contributed by atoms with Gasteiger partial charge in [-0.05, 0) is 73.1 Å². The number of anilines is 1. The standard InChI is InChI=1S/C24H29N3O4/c1-30-19-4-2-17-6-9-26-24(20(17)13-19)31-15-16-7-10-27(11-8-16)14-23(29)18-3-5-22(28)21(25)12-18/h2-6,9,12-13,16,23,28-29H,7-8,10-11,14-15,25H2,1H3. The van der Waals surface area contributed by atoms with Crippen LogP contribution in [0.2, 0.25) is 0 Å². The van der Waals surface area contributed by atoms with Crippen LogP contribution in [-0.4, -0.2) is 53.4 Å². The summed E-state index contributed by atoms with van der Waals surface area (Å²) >= 11 is 0. The number of phenols is 1. The smallest absolute Gasteiger partial charge is 0.221 e. The Kier molecular flexibility index (Phi) is 6.44. The zero-order valence-corrected chi connectivity index (χ0v) is 17.7. The lowest BCUT2D eigenvalue weighted by atomic mass is 9.97. The number of nitrogens with two attached hydrogens (primary N) is 1. The summed E-state index contributed by atoms with van der Waals surface area (Å²) < 4.78 is 11.4. The highest BCUT2D eigenvalue weighted by atomic mass is 16.5. The van der Waals surface area contributed by atoms with Gasteiger partial charge in [-0.1, -0.05) is 12.1 Å². The van der Waals surface area contributed by atoms with E-state index in [1.54, 1.807) is 25.4 Å². The van der Waals surface area contributed by atoms with Gasteiger partial charge in [-0.2, -0.15) is 0 Å². The summed E-state index contributed by atoms with van der Waals surface area (Å²) in [7, 11) is 1.65. The third-order valence-corrected chi connectivity index (χ3v) is 5.97. The van der Waals surface area contributed by atoms with E-state index < -0.39 is 6.10 Å². The normalized spacial score (nSPS) is 16.3. The maximum Gasteiger partial charge on any atom is 0.221 e. The van der Waals surface area contributed by atoms with Crippen molar-refractivity contribution in [3.05, 3.63) is 54.2 Å². The average molecular weight is 424 g/mol. The molecule has 31 heavy (non-hydrogen) atoms. The minimum atomic E-state index is -0.634. The number of nitrogens with zero attached hydrogens (tertiary/aromatic N) is 2. The van der Waals surface area contributed by atoms with Gasteiger partial charge >= 0.3 is 0 Å². The van der Waals surface area contributed by atoms with Crippen molar-refractivity contribution in [2.24, 2.45) is 5.92 Å². The zero-order valence-electron chi connectivity index (χ0n) is 17.7. The molecule has 3 aromatic rings. The molecule has 1 aliphatic heterocycles. The second-order valence-corrected chi connectivity index (χ2v) is 8.09. The maximum atomic E-state index is 10.5. The van der Waals surface area contributed by atoms with Crippen LogP contribution >= 0.6 is 0 Å². The lowest BCUT2D eigenvalue weighted by molar-refractivity contribution is 0.0790. The van der Waals surface area contributed by atoms with Gasteiger partial charge in [0.2, 0.25) is 5.88 Å². The summed E-state index contributed by atoms with van der Waals surface area (Å²) in [5, 5.41) is 22.1. The van der Waals surface area contributed by atoms with Gasteiger partial charge in [0.05, 0.1) is 25.5 Å². The first kappa shape index (κ1) is 21.2. The van der Waals surface area contributed by atoms with Gasteiger partial charge in [0, 0.05) is 18.1 Å². The first-order valence-corrected chi connectivity index (χ1v) is 10.6. The molecule has 0 saturated carbocycles. The fourth-order valence-electron chi connectivity index (χ4n) is 4.03. The summed E-state index contributed by atoms with van der Waals surface area (Å²) in [6.45, 7) is 2.96. The molecule has 4 rings (SSSR count). The Hall–Kier alpha value is -3.03. The highest BCUT2D eigenvalue weighted by molar-refractivity contribution is 5.87. The van der Waals surface area contributed by atoms with Gasteiger partial charge in [-0.15, -0.1) is 0 Å². The molecule has 2 aromatic carbocycles. The second-order valence-electron chi connectivity index (χ2n) is 8.09. The minimum absolute atomic E-state index is 0.0379. The first-order chi connectivity index (χ1) is 15.0. The van der Waals surface area contributed by atoms with Crippen molar-refractivity contribution in [3.8, 4) is 17.4 Å². The molecule has 1 aliphatic rings. The fourth-order valence-corrected chi connectivity index (χ4v) is 4.03. The molecule has 1 unspecified atom stereocenters. The Morgan fingerprint density at radius 3 is 2.71 bits per heavy atom. The number of benzene rings is 2. The Labute approximate surface area is 182 Å². The SMILES string of the molecule is COc1ccc2ccnc(OCC3CCN(CC(O)c4ccc(O)c(N)c4)CC3)c2c1. The number of aromatic hydroxyl groups is 1. The highest BCUT2D eigenvalue weighted by Crippen LogP contribution is 2.29. The van der Waals surface area contributed by atoms with Crippen molar-refractivity contribution in [3.63, 3.8) is 0 Å². The summed E-state index contributed by atoms with van der Waals surface area (Å²) in [6.07, 6.45) is 3.13. The van der Waals surface area contributed by atoms with Crippen molar-refractivity contribution < 1.29 is 19.7 Å². The number of phenolic OH excluding ortho intramolecular Hbond substituents is 1. The third-order valence-electron chi connectivity index (χ3n) is 5.97. The largest absolute Gasteiger partial charge is 0.506 e. The average Bonchev–Trinajstić information content (AvgIpc) is 2.80. The lowest BCUT2D eigenvalue weighted by Crippen LogP contribution is -2.38. The molecule has 0 aliphatic carbocycles. The molecule has 1 atom stereocenters. The molecule has 1 saturated heterocycles. The van der Waals surface area contributed by atoms with E-state index >= 15 is 0 Å². The molecule has 2 heterocycles. The number of piperidine rings is 1. The number of rotatable bonds is 7. The van der Waals surface area contributed by atoms with Gasteiger partial charge in [0.15, 0.2) is 0 Å². The number of aliphatic hydroxyl groups excluding tert-OH is 1. The van der Waals surface area contributed by atoms with E-state index in [2.05, 4.69) is 9.88 Å². The number of aliphatic hydroxyl groups is 1. The van der Waals surface area contributed by atoms with Crippen LogP contribution in [0.1, 0.15) is 24.5 Å². The van der Waals surface area contributed by atoms with Gasteiger partial charge < -0.3 is 30.3 Å². The Morgan fingerprint density at radius 1 is 1.16 bits per heavy atom. The van der Waals surface area contributed by atoms with Crippen LogP contribution in [0.4, 0.5) is 5.69 Å². The van der Waals surface area contributed by atoms with Crippen molar-refractivity contribution in [1.82, 2.24) is 9.88 Å². The van der Waals surface area contributed by atoms with E-state index in [0.29, 0.717) is 24.9 Å². The number of pyridine rings is 1. The van der Waals surface area contributed by atoms with Crippen LogP contribution in [0.5, 0.6) is 17.4 Å². The number of methoxy groups -OCH3 is 1. The highest BCUT2D eigenvalue weighted by Gasteiger charge is 2.23. The topological polar surface area (TPSA) is 101 Å². The summed E-state index contributed by atoms with van der Waals surface area (Å²) in [6, 6.07) is 12.7. The van der Waals surface area contributed by atoms with Crippen molar-refractivity contribution in [1.29, 1.82) is 0 Å². The number of fused-ring (bicyclic) bond motifs is 1. The fraction of sp³-hybridized carbons (Fsp3) is 0.375. The predicted molar refractivity (Wildman–Crippen MR) is 120 cm³/mol. The van der Waals surface area contributed by atoms with Crippen molar-refractivity contribution in [2.45, 2.75) is 18.9 Å². The zero-order chi connectivity index (χ0) is 21.8. The number of hydrogen-bond donors (Lipinski definition) is 3. The van der Waals surface area contributed by atoms with Gasteiger partial charge in [-0.25, -0.2) is 4.98 Å². The molecule has 4 N–H and O–H groups in total. The Balaban J connectivity index is 1.30. The number of nitrogen functional groups attached to an aromatic ring is 1. The van der Waals surface area contributed by atoms with Crippen LogP contribution in [0.15, 0.2) is 48.7 Å². The molecule has 164 valence electrons. The van der Waals surface area contributed by atoms with E-state index in [1.807, 2.05) is 24.3 Å². The Bertz CT molecular complexity index is 1030. The van der Waals surface area contributed by atoms with E-state index in [9.17, 15) is 10.2 Å². The van der Waals surface area contributed by atoms with Gasteiger partial charge in [0.25, 0.3) is 0 Å². The van der Waals surface area contributed by atoms with E-state index in [1.165, 1.54) is 6.07 Å². The number of hydrogen-bond acceptors (Lipinski definition) is 7. The molecule has 1 fully saturated rings. The van der Waals surface area contributed by atoms with Crippen LogP contribution in [0.25, 0.3) is 10.8 Å². The van der Waals surface area contributed by atoms with Crippen LogP contribution < -0.4 is 15.2 Å². The number of ether oxygens (including phenoxy) is 2. The third kappa shape index (κ3) is 5.00. The van der Waals surface area contributed by atoms with Gasteiger partial charge in [-0.3, -0.25) is 0 Å². The molecule has 0 amide bonds. The quantitative estimate of drug-likeness (QED) is 0.396.